The van der Waals surface area contributed by atoms with E-state index in [1.165, 1.54) is 71.6 Å². The Morgan fingerprint density at radius 3 is 1.57 bits per heavy atom. The van der Waals surface area contributed by atoms with Gasteiger partial charge in [0.25, 0.3) is 0 Å². The zero-order valence-electron chi connectivity index (χ0n) is 32.6. The molecule has 0 bridgehead atoms. The van der Waals surface area contributed by atoms with Gasteiger partial charge in [0, 0.05) is 17.1 Å². The van der Waals surface area contributed by atoms with Gasteiger partial charge in [-0.3, -0.25) is 0 Å². The van der Waals surface area contributed by atoms with Crippen molar-refractivity contribution in [3.8, 4) is 33.4 Å². The molecule has 0 aliphatic rings. The quantitative estimate of drug-likeness (QED) is 0.126. The highest BCUT2D eigenvalue weighted by molar-refractivity contribution is 5.97. The Bertz CT molecular complexity index is 2910. The fourth-order valence-electron chi connectivity index (χ4n) is 7.92. The second kappa shape index (κ2) is 16.3. The topological polar surface area (TPSA) is 3.24 Å². The van der Waals surface area contributed by atoms with E-state index in [1.54, 1.807) is 0 Å². The summed E-state index contributed by atoms with van der Waals surface area (Å²) in [6, 6.07) is 76.5. The summed E-state index contributed by atoms with van der Waals surface area (Å²) >= 11 is 0. The first-order valence-corrected chi connectivity index (χ1v) is 19.9. The Balaban J connectivity index is 1.04. The van der Waals surface area contributed by atoms with Crippen LogP contribution >= 0.6 is 0 Å². The molecule has 0 aliphatic carbocycles. The summed E-state index contributed by atoms with van der Waals surface area (Å²) < 4.78 is 0. The minimum Gasteiger partial charge on any atom is -0.311 e. The first-order valence-electron chi connectivity index (χ1n) is 19.9. The minimum atomic E-state index is 1.09. The number of allylic oxidation sites excluding steroid dienone is 5. The van der Waals surface area contributed by atoms with Gasteiger partial charge in [0.1, 0.15) is 0 Å². The molecule has 0 aromatic heterocycles. The molecule has 58 heavy (non-hydrogen) atoms. The largest absolute Gasteiger partial charge is 0.311 e. The molecule has 0 unspecified atom stereocenters. The van der Waals surface area contributed by atoms with E-state index in [1.807, 2.05) is 12.1 Å². The van der Waals surface area contributed by atoms with Crippen LogP contribution in [0.3, 0.4) is 0 Å². The van der Waals surface area contributed by atoms with Crippen molar-refractivity contribution >= 4 is 49.8 Å². The summed E-state index contributed by atoms with van der Waals surface area (Å²) in [5.74, 6) is 0. The third-order valence-corrected chi connectivity index (χ3v) is 11.0. The molecular formula is C57H43N. The van der Waals surface area contributed by atoms with Gasteiger partial charge in [0.05, 0.1) is 0 Å². The van der Waals surface area contributed by atoms with Gasteiger partial charge in [-0.05, 0) is 127 Å². The maximum atomic E-state index is 3.96. The van der Waals surface area contributed by atoms with E-state index in [0.29, 0.717) is 0 Å². The molecular weight excluding hydrogens is 699 g/mol. The van der Waals surface area contributed by atoms with E-state index in [4.69, 9.17) is 0 Å². The van der Waals surface area contributed by atoms with Crippen LogP contribution < -0.4 is 4.90 Å². The molecule has 0 fully saturated rings. The van der Waals surface area contributed by atoms with E-state index >= 15 is 0 Å². The average molecular weight is 742 g/mol. The SMILES string of the molecule is C=C/C=C(\C=C(/C)c1ccc(N(c2ccc(-c3ccc(-c4ccc5ccccc5c4)cc3)cc2)c2ccc(-c3cccc4ccccc34)cc2)cc1)c1ccccc1. The first kappa shape index (κ1) is 36.2. The van der Waals surface area contributed by atoms with Crippen LogP contribution in [0.4, 0.5) is 17.1 Å². The zero-order valence-corrected chi connectivity index (χ0v) is 32.6. The minimum absolute atomic E-state index is 1.09. The van der Waals surface area contributed by atoms with Gasteiger partial charge in [-0.1, -0.05) is 195 Å². The van der Waals surface area contributed by atoms with Gasteiger partial charge in [0.15, 0.2) is 0 Å². The predicted octanol–water partition coefficient (Wildman–Crippen LogP) is 16.1. The normalized spacial score (nSPS) is 11.8. The summed E-state index contributed by atoms with van der Waals surface area (Å²) in [4.78, 5) is 2.34. The summed E-state index contributed by atoms with van der Waals surface area (Å²) in [6.45, 7) is 6.14. The van der Waals surface area contributed by atoms with E-state index in [0.717, 1.165) is 22.6 Å². The van der Waals surface area contributed by atoms with Crippen LogP contribution in [0.15, 0.2) is 237 Å². The van der Waals surface area contributed by atoms with Gasteiger partial charge in [-0.2, -0.15) is 0 Å². The molecule has 9 rings (SSSR count). The highest BCUT2D eigenvalue weighted by atomic mass is 15.1. The molecule has 0 saturated heterocycles. The Morgan fingerprint density at radius 1 is 0.414 bits per heavy atom. The molecule has 9 aromatic rings. The number of benzene rings is 9. The van der Waals surface area contributed by atoms with Crippen LogP contribution in [0.2, 0.25) is 0 Å². The van der Waals surface area contributed by atoms with Gasteiger partial charge in [-0.15, -0.1) is 0 Å². The summed E-state index contributed by atoms with van der Waals surface area (Å²) in [6.07, 6.45) is 6.16. The van der Waals surface area contributed by atoms with Crippen molar-refractivity contribution in [3.63, 3.8) is 0 Å². The van der Waals surface area contributed by atoms with Crippen molar-refractivity contribution in [1.29, 1.82) is 0 Å². The molecule has 0 aliphatic heterocycles. The lowest BCUT2D eigenvalue weighted by Gasteiger charge is -2.26. The van der Waals surface area contributed by atoms with Crippen LogP contribution in [-0.4, -0.2) is 0 Å². The number of hydrogen-bond donors (Lipinski definition) is 0. The van der Waals surface area contributed by atoms with E-state index in [2.05, 4.69) is 237 Å². The maximum absolute atomic E-state index is 3.96. The Hall–Kier alpha value is -7.48. The number of fused-ring (bicyclic) bond motifs is 2. The number of rotatable bonds is 10. The smallest absolute Gasteiger partial charge is 0.0462 e. The third kappa shape index (κ3) is 7.54. The van der Waals surface area contributed by atoms with Gasteiger partial charge >= 0.3 is 0 Å². The predicted molar refractivity (Wildman–Crippen MR) is 251 cm³/mol. The third-order valence-electron chi connectivity index (χ3n) is 11.0. The lowest BCUT2D eigenvalue weighted by Crippen LogP contribution is -2.10. The lowest BCUT2D eigenvalue weighted by atomic mass is 9.97. The molecule has 0 heterocycles. The van der Waals surface area contributed by atoms with Crippen LogP contribution in [0, 0.1) is 0 Å². The van der Waals surface area contributed by atoms with Crippen molar-refractivity contribution in [2.75, 3.05) is 4.90 Å². The first-order chi connectivity index (χ1) is 28.6. The molecule has 0 saturated carbocycles. The second-order valence-corrected chi connectivity index (χ2v) is 14.7. The summed E-state index contributed by atoms with van der Waals surface area (Å²) in [5.41, 5.74) is 15.2. The highest BCUT2D eigenvalue weighted by Crippen LogP contribution is 2.39. The van der Waals surface area contributed by atoms with Crippen LogP contribution in [0.5, 0.6) is 0 Å². The van der Waals surface area contributed by atoms with Crippen LogP contribution in [0.1, 0.15) is 18.1 Å². The van der Waals surface area contributed by atoms with Crippen LogP contribution in [0.25, 0.3) is 66.1 Å². The lowest BCUT2D eigenvalue weighted by molar-refractivity contribution is 1.28. The molecule has 0 radical (unpaired) electrons. The Labute approximate surface area is 341 Å². The van der Waals surface area contributed by atoms with Gasteiger partial charge < -0.3 is 4.90 Å². The van der Waals surface area contributed by atoms with Crippen molar-refractivity contribution in [1.82, 2.24) is 0 Å². The molecule has 0 atom stereocenters. The monoisotopic (exact) mass is 741 g/mol. The Morgan fingerprint density at radius 2 is 0.914 bits per heavy atom. The fraction of sp³-hybridized carbons (Fsp3) is 0.0175. The van der Waals surface area contributed by atoms with Crippen molar-refractivity contribution in [2.24, 2.45) is 0 Å². The van der Waals surface area contributed by atoms with E-state index in [9.17, 15) is 0 Å². The van der Waals surface area contributed by atoms with Gasteiger partial charge in [0.2, 0.25) is 0 Å². The Kier molecular flexibility index (Phi) is 10.2. The summed E-state index contributed by atoms with van der Waals surface area (Å²) in [5, 5.41) is 5.02. The van der Waals surface area contributed by atoms with Crippen molar-refractivity contribution in [3.05, 3.63) is 248 Å². The average Bonchev–Trinajstić information content (AvgIpc) is 3.29. The molecule has 0 amide bonds. The van der Waals surface area contributed by atoms with Crippen LogP contribution in [-0.2, 0) is 0 Å². The molecule has 0 spiro atoms. The number of nitrogens with zero attached hydrogens (tertiary/aromatic N) is 1. The maximum Gasteiger partial charge on any atom is 0.0462 e. The molecule has 1 heteroatoms. The molecule has 276 valence electrons. The summed E-state index contributed by atoms with van der Waals surface area (Å²) in [7, 11) is 0. The molecule has 9 aromatic carbocycles. The zero-order chi connectivity index (χ0) is 39.3. The van der Waals surface area contributed by atoms with Gasteiger partial charge in [-0.25, -0.2) is 0 Å². The highest BCUT2D eigenvalue weighted by Gasteiger charge is 2.15. The molecule has 1 nitrogen and oxygen atoms in total. The second-order valence-electron chi connectivity index (χ2n) is 14.7. The van der Waals surface area contributed by atoms with Crippen molar-refractivity contribution < 1.29 is 0 Å². The van der Waals surface area contributed by atoms with Crippen molar-refractivity contribution in [2.45, 2.75) is 6.92 Å². The number of anilines is 3. The molecule has 0 N–H and O–H groups in total. The van der Waals surface area contributed by atoms with E-state index in [-0.39, 0.29) is 0 Å². The van der Waals surface area contributed by atoms with E-state index < -0.39 is 0 Å². The fourth-order valence-corrected chi connectivity index (χ4v) is 7.92. The number of hydrogen-bond acceptors (Lipinski definition) is 1. The standard InChI is InChI=1S/C57H43N/c1-3-12-50(43-13-5-4-6-14-43)39-41(2)42-27-33-53(34-28-42)58(55-37-31-49(32-38-55)57-20-11-18-48-16-9-10-19-56(48)57)54-35-29-46(30-36-54)45-21-23-47(24-22-45)52-26-25-44-15-7-8-17-51(44)40-52/h3-40H,1H2,2H3/b41-39+,50-12+.